The SMILES string of the molecule is Nc1cncc(-c2ccc3[nH]nc(-c4cc5c(-c6ccccc6F)nccc5[nH]4)c3c2)c1. The molecule has 6 aromatic rings. The van der Waals surface area contributed by atoms with E-state index in [1.807, 2.05) is 30.3 Å². The number of nitrogen functional groups attached to an aromatic ring is 1. The standard InChI is InChI=1S/C25H17FN6/c26-20-4-2-1-3-17(20)24-19-11-23(30-21(19)7-8-29-24)25-18-10-14(5-6-22(18)31-32-25)15-9-16(27)13-28-12-15/h1-13,30H,27H2,(H,31,32). The minimum Gasteiger partial charge on any atom is -0.397 e. The lowest BCUT2D eigenvalue weighted by Gasteiger charge is -2.03. The molecule has 4 heterocycles. The van der Waals surface area contributed by atoms with Crippen LogP contribution in [0.3, 0.4) is 0 Å². The second-order valence-electron chi connectivity index (χ2n) is 7.62. The molecule has 32 heavy (non-hydrogen) atoms. The first-order valence-electron chi connectivity index (χ1n) is 10.1. The fourth-order valence-electron chi connectivity index (χ4n) is 4.06. The largest absolute Gasteiger partial charge is 0.397 e. The lowest BCUT2D eigenvalue weighted by atomic mass is 10.0. The van der Waals surface area contributed by atoms with E-state index in [2.05, 4.69) is 31.2 Å². The Balaban J connectivity index is 1.52. The second-order valence-corrected chi connectivity index (χ2v) is 7.62. The number of benzene rings is 2. The van der Waals surface area contributed by atoms with Gasteiger partial charge < -0.3 is 10.7 Å². The highest BCUT2D eigenvalue weighted by atomic mass is 19.1. The van der Waals surface area contributed by atoms with Crippen LogP contribution in [0.5, 0.6) is 0 Å². The molecule has 0 radical (unpaired) electrons. The van der Waals surface area contributed by atoms with Gasteiger partial charge >= 0.3 is 0 Å². The molecule has 0 amide bonds. The Morgan fingerprint density at radius 1 is 0.812 bits per heavy atom. The van der Waals surface area contributed by atoms with Crippen LogP contribution in [0.2, 0.25) is 0 Å². The minimum absolute atomic E-state index is 0.305. The smallest absolute Gasteiger partial charge is 0.132 e. The van der Waals surface area contributed by atoms with Crippen LogP contribution >= 0.6 is 0 Å². The summed E-state index contributed by atoms with van der Waals surface area (Å²) in [5, 5.41) is 9.42. The zero-order valence-electron chi connectivity index (χ0n) is 16.8. The van der Waals surface area contributed by atoms with E-state index in [4.69, 9.17) is 5.73 Å². The minimum atomic E-state index is -0.305. The van der Waals surface area contributed by atoms with Crippen molar-refractivity contribution in [2.75, 3.05) is 5.73 Å². The Bertz CT molecular complexity index is 1610. The van der Waals surface area contributed by atoms with E-state index in [0.717, 1.165) is 44.3 Å². The molecule has 0 aliphatic heterocycles. The molecule has 0 saturated heterocycles. The molecule has 4 N–H and O–H groups in total. The van der Waals surface area contributed by atoms with Gasteiger partial charge in [0.1, 0.15) is 11.5 Å². The van der Waals surface area contributed by atoms with Crippen LogP contribution in [0.1, 0.15) is 0 Å². The zero-order chi connectivity index (χ0) is 21.7. The van der Waals surface area contributed by atoms with E-state index in [9.17, 15) is 4.39 Å². The van der Waals surface area contributed by atoms with Gasteiger partial charge in [-0.2, -0.15) is 5.10 Å². The maximum atomic E-state index is 14.4. The van der Waals surface area contributed by atoms with Crippen LogP contribution in [0.25, 0.3) is 55.6 Å². The van der Waals surface area contributed by atoms with Gasteiger partial charge in [-0.25, -0.2) is 4.39 Å². The quantitative estimate of drug-likeness (QED) is 0.349. The van der Waals surface area contributed by atoms with Crippen LogP contribution in [-0.2, 0) is 0 Å². The van der Waals surface area contributed by atoms with Crippen LogP contribution in [0, 0.1) is 5.82 Å². The highest BCUT2D eigenvalue weighted by Crippen LogP contribution is 2.35. The van der Waals surface area contributed by atoms with E-state index >= 15 is 0 Å². The van der Waals surface area contributed by atoms with Gasteiger partial charge in [0.15, 0.2) is 0 Å². The van der Waals surface area contributed by atoms with Crippen molar-refractivity contribution in [2.45, 2.75) is 0 Å². The molecule has 0 unspecified atom stereocenters. The Labute approximate surface area is 182 Å². The fraction of sp³-hybridized carbons (Fsp3) is 0. The van der Waals surface area contributed by atoms with Crippen LogP contribution in [-0.4, -0.2) is 25.1 Å². The van der Waals surface area contributed by atoms with Crippen molar-refractivity contribution in [3.8, 4) is 33.8 Å². The molecule has 0 atom stereocenters. The third-order valence-electron chi connectivity index (χ3n) is 5.59. The first-order valence-corrected chi connectivity index (χ1v) is 10.1. The molecule has 0 saturated carbocycles. The second kappa shape index (κ2) is 7.02. The first-order chi connectivity index (χ1) is 15.7. The Morgan fingerprint density at radius 2 is 1.69 bits per heavy atom. The summed E-state index contributed by atoms with van der Waals surface area (Å²) >= 11 is 0. The Morgan fingerprint density at radius 3 is 2.56 bits per heavy atom. The number of H-pyrrole nitrogens is 2. The fourth-order valence-corrected chi connectivity index (χ4v) is 4.06. The number of fused-ring (bicyclic) bond motifs is 2. The molecule has 6 rings (SSSR count). The molecule has 0 spiro atoms. The van der Waals surface area contributed by atoms with Crippen molar-refractivity contribution in [1.82, 2.24) is 25.1 Å². The van der Waals surface area contributed by atoms with E-state index in [0.29, 0.717) is 16.9 Å². The van der Waals surface area contributed by atoms with Gasteiger partial charge in [0.2, 0.25) is 0 Å². The van der Waals surface area contributed by atoms with Crippen molar-refractivity contribution in [2.24, 2.45) is 0 Å². The van der Waals surface area contributed by atoms with Crippen molar-refractivity contribution < 1.29 is 4.39 Å². The van der Waals surface area contributed by atoms with Gasteiger partial charge in [-0.15, -0.1) is 0 Å². The monoisotopic (exact) mass is 420 g/mol. The third kappa shape index (κ3) is 2.91. The van der Waals surface area contributed by atoms with Gasteiger partial charge in [0.25, 0.3) is 0 Å². The Kier molecular flexibility index (Phi) is 4.01. The van der Waals surface area contributed by atoms with Crippen molar-refractivity contribution >= 4 is 27.5 Å². The molecule has 0 aliphatic carbocycles. The molecule has 4 aromatic heterocycles. The lowest BCUT2D eigenvalue weighted by Crippen LogP contribution is -1.87. The summed E-state index contributed by atoms with van der Waals surface area (Å²) in [5.74, 6) is -0.305. The summed E-state index contributed by atoms with van der Waals surface area (Å²) in [4.78, 5) is 12.1. The van der Waals surface area contributed by atoms with E-state index in [1.165, 1.54) is 6.07 Å². The molecule has 0 fully saturated rings. The number of aromatic amines is 2. The topological polar surface area (TPSA) is 96.3 Å². The number of nitrogens with zero attached hydrogens (tertiary/aromatic N) is 3. The summed E-state index contributed by atoms with van der Waals surface area (Å²) in [6.45, 7) is 0. The number of pyridine rings is 2. The molecular weight excluding hydrogens is 403 g/mol. The normalized spacial score (nSPS) is 11.4. The number of hydrogen-bond acceptors (Lipinski definition) is 4. The van der Waals surface area contributed by atoms with Crippen LogP contribution in [0.4, 0.5) is 10.1 Å². The average molecular weight is 420 g/mol. The zero-order valence-corrected chi connectivity index (χ0v) is 16.8. The van der Waals surface area contributed by atoms with Crippen molar-refractivity contribution in [1.29, 1.82) is 0 Å². The molecule has 7 heteroatoms. The maximum Gasteiger partial charge on any atom is 0.132 e. The Hall–Kier alpha value is -4.52. The van der Waals surface area contributed by atoms with Crippen LogP contribution in [0.15, 0.2) is 79.3 Å². The number of aromatic nitrogens is 5. The van der Waals surface area contributed by atoms with Gasteiger partial charge in [0, 0.05) is 46.0 Å². The number of nitrogens with one attached hydrogen (secondary N) is 2. The summed E-state index contributed by atoms with van der Waals surface area (Å²) in [5.41, 5.74) is 12.9. The number of halogens is 1. The van der Waals surface area contributed by atoms with E-state index < -0.39 is 0 Å². The summed E-state index contributed by atoms with van der Waals surface area (Å²) < 4.78 is 14.4. The molecule has 0 aliphatic rings. The highest BCUT2D eigenvalue weighted by Gasteiger charge is 2.16. The molecule has 154 valence electrons. The van der Waals surface area contributed by atoms with Gasteiger partial charge in [0.05, 0.1) is 22.6 Å². The number of nitrogens with two attached hydrogens (primary N) is 1. The van der Waals surface area contributed by atoms with Gasteiger partial charge in [-0.05, 0) is 48.0 Å². The predicted molar refractivity (Wildman–Crippen MR) is 124 cm³/mol. The summed E-state index contributed by atoms with van der Waals surface area (Å²) in [6.07, 6.45) is 5.08. The van der Waals surface area contributed by atoms with Crippen LogP contribution < -0.4 is 5.73 Å². The first kappa shape index (κ1) is 18.3. The van der Waals surface area contributed by atoms with E-state index in [-0.39, 0.29) is 5.82 Å². The summed E-state index contributed by atoms with van der Waals surface area (Å²) in [6, 6.07) is 18.4. The molecular formula is C25H17FN6. The predicted octanol–water partition coefficient (Wildman–Crippen LogP) is 5.56. The van der Waals surface area contributed by atoms with E-state index in [1.54, 1.807) is 36.8 Å². The number of rotatable bonds is 3. The van der Waals surface area contributed by atoms with Crippen molar-refractivity contribution in [3.63, 3.8) is 0 Å². The number of anilines is 1. The maximum absolute atomic E-state index is 14.4. The third-order valence-corrected chi connectivity index (χ3v) is 5.59. The molecule has 2 aromatic carbocycles. The molecule has 0 bridgehead atoms. The average Bonchev–Trinajstić information content (AvgIpc) is 3.43. The lowest BCUT2D eigenvalue weighted by molar-refractivity contribution is 0.631. The number of hydrogen-bond donors (Lipinski definition) is 3. The van der Waals surface area contributed by atoms with Gasteiger partial charge in [-0.3, -0.25) is 15.1 Å². The summed E-state index contributed by atoms with van der Waals surface area (Å²) in [7, 11) is 0. The molecule has 6 nitrogen and oxygen atoms in total. The van der Waals surface area contributed by atoms with Crippen molar-refractivity contribution in [3.05, 3.63) is 85.1 Å². The highest BCUT2D eigenvalue weighted by molar-refractivity contribution is 6.00. The van der Waals surface area contributed by atoms with Gasteiger partial charge in [-0.1, -0.05) is 18.2 Å².